The molecule has 2 aromatic heterocycles. The van der Waals surface area contributed by atoms with Gasteiger partial charge in [0.05, 0.1) is 0 Å². The van der Waals surface area contributed by atoms with Crippen molar-refractivity contribution in [3.63, 3.8) is 0 Å². The van der Waals surface area contributed by atoms with E-state index in [-0.39, 0.29) is 36.3 Å². The molecule has 8 N–H and O–H groups in total. The number of H-pyrrole nitrogens is 2. The van der Waals surface area contributed by atoms with Crippen molar-refractivity contribution >= 4 is 11.4 Å². The molecule has 0 unspecified atom stereocenters. The first-order valence-corrected chi connectivity index (χ1v) is 10.6. The molecular formula is C24H34Cl2N6O2. The molecule has 4 aromatic rings. The number of anilines is 2. The van der Waals surface area contributed by atoms with E-state index < -0.39 is 0 Å². The average Bonchev–Trinajstić information content (AvgIpc) is 3.48. The summed E-state index contributed by atoms with van der Waals surface area (Å²) < 4.78 is 3.85. The number of hydrogen-bond donors (Lipinski definition) is 6. The number of rotatable bonds is 5. The predicted octanol–water partition coefficient (Wildman–Crippen LogP) is -2.91. The highest BCUT2D eigenvalue weighted by atomic mass is 35.5. The second-order valence-corrected chi connectivity index (χ2v) is 7.34. The van der Waals surface area contributed by atoms with E-state index >= 15 is 0 Å². The van der Waals surface area contributed by atoms with E-state index in [1.165, 1.54) is 12.8 Å². The van der Waals surface area contributed by atoms with Crippen LogP contribution < -0.4 is 45.4 Å². The molecule has 0 amide bonds. The van der Waals surface area contributed by atoms with Crippen LogP contribution in [0.1, 0.15) is 37.8 Å². The fraction of sp³-hybridized carbons (Fsp3) is 0.250. The second kappa shape index (κ2) is 16.3. The molecule has 10 heteroatoms. The Morgan fingerprint density at radius 1 is 0.706 bits per heavy atom. The van der Waals surface area contributed by atoms with E-state index in [9.17, 15) is 10.2 Å². The van der Waals surface area contributed by atoms with Gasteiger partial charge >= 0.3 is 0 Å². The first-order valence-electron chi connectivity index (χ1n) is 10.6. The SMILES string of the molecule is CCCC.Nc1ccc(O)c(C[n+]2cc[nH]c2)c1.Nc1ccc(O)c(C[n+]2cc[nH]c2)c1.[Cl-].[Cl-]. The summed E-state index contributed by atoms with van der Waals surface area (Å²) in [5.74, 6) is 0.542. The zero-order chi connectivity index (χ0) is 23.3. The van der Waals surface area contributed by atoms with Gasteiger partial charge in [0.15, 0.2) is 0 Å². The van der Waals surface area contributed by atoms with Gasteiger partial charge < -0.3 is 46.5 Å². The molecule has 34 heavy (non-hydrogen) atoms. The van der Waals surface area contributed by atoms with Crippen molar-refractivity contribution in [3.8, 4) is 11.5 Å². The van der Waals surface area contributed by atoms with Gasteiger partial charge in [-0.15, -0.1) is 0 Å². The molecule has 0 saturated heterocycles. The lowest BCUT2D eigenvalue weighted by Gasteiger charge is -2.02. The molecule has 0 aliphatic heterocycles. The van der Waals surface area contributed by atoms with Gasteiger partial charge in [0.2, 0.25) is 12.7 Å². The topological polar surface area (TPSA) is 132 Å². The number of hydrogen-bond acceptors (Lipinski definition) is 4. The van der Waals surface area contributed by atoms with Crippen LogP contribution in [0.4, 0.5) is 11.4 Å². The van der Waals surface area contributed by atoms with E-state index in [2.05, 4.69) is 23.8 Å². The summed E-state index contributed by atoms with van der Waals surface area (Å²) in [6.45, 7) is 5.58. The quantitative estimate of drug-likeness (QED) is 0.0979. The van der Waals surface area contributed by atoms with E-state index in [0.717, 1.165) is 11.1 Å². The molecule has 4 rings (SSSR count). The summed E-state index contributed by atoms with van der Waals surface area (Å²) in [6, 6.07) is 10.1. The molecule has 0 spiro atoms. The van der Waals surface area contributed by atoms with Crippen LogP contribution in [0.3, 0.4) is 0 Å². The molecular weight excluding hydrogens is 475 g/mol. The van der Waals surface area contributed by atoms with Crippen molar-refractivity contribution in [2.75, 3.05) is 11.5 Å². The number of aromatic amines is 2. The van der Waals surface area contributed by atoms with Crippen molar-refractivity contribution in [1.29, 1.82) is 0 Å². The van der Waals surface area contributed by atoms with E-state index in [1.807, 2.05) is 46.6 Å². The van der Waals surface area contributed by atoms with Crippen molar-refractivity contribution in [3.05, 3.63) is 85.0 Å². The van der Waals surface area contributed by atoms with E-state index in [1.54, 1.807) is 36.4 Å². The zero-order valence-electron chi connectivity index (χ0n) is 19.5. The number of benzene rings is 2. The number of unbranched alkanes of at least 4 members (excludes halogenated alkanes) is 1. The minimum atomic E-state index is 0. The maximum Gasteiger partial charge on any atom is 0.241 e. The third-order valence-corrected chi connectivity index (χ3v) is 4.62. The van der Waals surface area contributed by atoms with Crippen LogP contribution in [0.2, 0.25) is 0 Å². The highest BCUT2D eigenvalue weighted by Crippen LogP contribution is 2.19. The molecule has 0 atom stereocenters. The molecule has 2 aromatic carbocycles. The number of nitrogen functional groups attached to an aromatic ring is 2. The Balaban J connectivity index is 0.000000528. The zero-order valence-corrected chi connectivity index (χ0v) is 21.0. The van der Waals surface area contributed by atoms with E-state index in [0.29, 0.717) is 24.5 Å². The summed E-state index contributed by atoms with van der Waals surface area (Å²) in [5.41, 5.74) is 14.2. The van der Waals surface area contributed by atoms with Gasteiger partial charge in [0, 0.05) is 22.5 Å². The first kappa shape index (κ1) is 30.6. The Labute approximate surface area is 213 Å². The van der Waals surface area contributed by atoms with Crippen LogP contribution in [0.15, 0.2) is 73.8 Å². The van der Waals surface area contributed by atoms with Crippen molar-refractivity contribution in [2.24, 2.45) is 0 Å². The number of phenolic OH excluding ortho intramolecular Hbond substituents is 2. The van der Waals surface area contributed by atoms with Crippen LogP contribution in [-0.2, 0) is 13.1 Å². The normalized spacial score (nSPS) is 9.35. The van der Waals surface area contributed by atoms with Crippen molar-refractivity contribution in [1.82, 2.24) is 9.97 Å². The van der Waals surface area contributed by atoms with Crippen LogP contribution >= 0.6 is 0 Å². The van der Waals surface area contributed by atoms with Crippen LogP contribution in [0.25, 0.3) is 0 Å². The average molecular weight is 509 g/mol. The van der Waals surface area contributed by atoms with Gasteiger partial charge in [-0.3, -0.25) is 9.97 Å². The maximum atomic E-state index is 9.55. The summed E-state index contributed by atoms with van der Waals surface area (Å²) in [4.78, 5) is 5.87. The molecule has 0 bridgehead atoms. The van der Waals surface area contributed by atoms with Gasteiger partial charge in [-0.1, -0.05) is 26.7 Å². The second-order valence-electron chi connectivity index (χ2n) is 7.34. The molecule has 0 aliphatic carbocycles. The van der Waals surface area contributed by atoms with E-state index in [4.69, 9.17) is 11.5 Å². The fourth-order valence-electron chi connectivity index (χ4n) is 2.70. The van der Waals surface area contributed by atoms with Gasteiger partial charge in [-0.2, -0.15) is 0 Å². The number of phenols is 2. The highest BCUT2D eigenvalue weighted by Gasteiger charge is 2.06. The van der Waals surface area contributed by atoms with Crippen molar-refractivity contribution < 1.29 is 44.2 Å². The van der Waals surface area contributed by atoms with Gasteiger partial charge in [0.1, 0.15) is 49.4 Å². The lowest BCUT2D eigenvalue weighted by atomic mass is 10.2. The largest absolute Gasteiger partial charge is 1.00 e. The fourth-order valence-corrected chi connectivity index (χ4v) is 2.70. The van der Waals surface area contributed by atoms with Gasteiger partial charge in [-0.05, 0) is 36.4 Å². The Morgan fingerprint density at radius 3 is 1.38 bits per heavy atom. The van der Waals surface area contributed by atoms with Crippen LogP contribution in [0.5, 0.6) is 11.5 Å². The lowest BCUT2D eigenvalue weighted by Crippen LogP contribution is -3.00. The number of aromatic hydroxyl groups is 2. The number of aromatic nitrogens is 4. The minimum absolute atomic E-state index is 0. The summed E-state index contributed by atoms with van der Waals surface area (Å²) in [5, 5.41) is 19.1. The lowest BCUT2D eigenvalue weighted by molar-refractivity contribution is -0.687. The first-order chi connectivity index (χ1) is 15.4. The Morgan fingerprint density at radius 2 is 1.09 bits per heavy atom. The van der Waals surface area contributed by atoms with Crippen LogP contribution in [0, 0.1) is 0 Å². The molecule has 8 nitrogen and oxygen atoms in total. The summed E-state index contributed by atoms with van der Waals surface area (Å²) >= 11 is 0. The molecule has 0 radical (unpaired) electrons. The number of imidazole rings is 2. The van der Waals surface area contributed by atoms with Gasteiger partial charge in [-0.25, -0.2) is 9.13 Å². The predicted molar refractivity (Wildman–Crippen MR) is 126 cm³/mol. The Hall–Kier alpha value is -3.36. The van der Waals surface area contributed by atoms with Crippen LogP contribution in [-0.4, -0.2) is 20.2 Å². The summed E-state index contributed by atoms with van der Waals surface area (Å²) in [7, 11) is 0. The summed E-state index contributed by atoms with van der Waals surface area (Å²) in [6.07, 6.45) is 13.7. The molecule has 0 aliphatic rings. The molecule has 186 valence electrons. The molecule has 2 heterocycles. The minimum Gasteiger partial charge on any atom is -1.00 e. The number of halogens is 2. The number of nitrogens with one attached hydrogen (secondary N) is 2. The third-order valence-electron chi connectivity index (χ3n) is 4.62. The third kappa shape index (κ3) is 10.5. The standard InChI is InChI=1S/2C10H11N3O.C4H10.2ClH/c2*11-9-1-2-10(14)8(5-9)6-13-4-3-12-7-13;1-3-4-2;;/h2*1-5,7,14H,6,11H2;3-4H2,1-2H3;2*1H. The maximum absolute atomic E-state index is 9.55. The Kier molecular flexibility index (Phi) is 14.7. The van der Waals surface area contributed by atoms with Gasteiger partial charge in [0.25, 0.3) is 0 Å². The number of nitrogens with zero attached hydrogens (tertiary/aromatic N) is 2. The highest BCUT2D eigenvalue weighted by molar-refractivity contribution is 5.47. The number of nitrogens with two attached hydrogens (primary N) is 2. The Bertz CT molecular complexity index is 972. The molecule has 0 saturated carbocycles. The monoisotopic (exact) mass is 508 g/mol. The smallest absolute Gasteiger partial charge is 0.241 e. The molecule has 0 fully saturated rings. The van der Waals surface area contributed by atoms with Crippen molar-refractivity contribution in [2.45, 2.75) is 39.8 Å².